The van der Waals surface area contributed by atoms with E-state index in [0.717, 1.165) is 18.4 Å². The molecule has 0 aliphatic heterocycles. The van der Waals surface area contributed by atoms with Crippen LogP contribution in [0.25, 0.3) is 0 Å². The van der Waals surface area contributed by atoms with E-state index in [-0.39, 0.29) is 22.6 Å². The van der Waals surface area contributed by atoms with E-state index in [1.807, 2.05) is 6.92 Å². The Hall–Kier alpha value is -2.55. The molecule has 2 aromatic rings. The average Bonchev–Trinajstić information content (AvgIpc) is 2.74. The topological polar surface area (TPSA) is 104 Å². The molecule has 1 aliphatic carbocycles. The molecule has 0 bridgehead atoms. The molecule has 2 aromatic carbocycles. The highest BCUT2D eigenvalue weighted by molar-refractivity contribution is 7.85. The standard InChI is InChI=1S/C17H24N2O2.C7H8O3S/c1-12(20)13-8-10-14(11-9-13)17(21)18-15-6-4-5-7-16(15)19(2)3;1-6-2-4-7(5-3-6)11(8,9)10/h8-11,15-16H,4-7H2,1-3H3,(H,18,21);2-5H,1H3,(H,8,9,10). The third kappa shape index (κ3) is 7.55. The molecule has 2 N–H and O–H groups in total. The Bertz CT molecular complexity index is 1020. The lowest BCUT2D eigenvalue weighted by atomic mass is 9.89. The summed E-state index contributed by atoms with van der Waals surface area (Å²) in [5, 5.41) is 3.15. The maximum Gasteiger partial charge on any atom is 0.294 e. The zero-order valence-corrected chi connectivity index (χ0v) is 19.9. The van der Waals surface area contributed by atoms with E-state index in [9.17, 15) is 18.0 Å². The van der Waals surface area contributed by atoms with Gasteiger partial charge in [0.1, 0.15) is 0 Å². The van der Waals surface area contributed by atoms with Crippen molar-refractivity contribution in [1.29, 1.82) is 0 Å². The number of Topliss-reactive ketones (excluding diaryl/α,β-unsaturated/α-hetero) is 1. The van der Waals surface area contributed by atoms with E-state index in [0.29, 0.717) is 17.2 Å². The number of amides is 1. The number of benzene rings is 2. The minimum absolute atomic E-state index is 0.0157. The first-order chi connectivity index (χ1) is 15.0. The van der Waals surface area contributed by atoms with Gasteiger partial charge in [0.05, 0.1) is 4.90 Å². The molecule has 1 fully saturated rings. The van der Waals surface area contributed by atoms with Crippen LogP contribution in [0.1, 0.15) is 58.9 Å². The van der Waals surface area contributed by atoms with Gasteiger partial charge in [0.15, 0.2) is 5.78 Å². The van der Waals surface area contributed by atoms with Crippen LogP contribution in [-0.4, -0.2) is 55.7 Å². The summed E-state index contributed by atoms with van der Waals surface area (Å²) >= 11 is 0. The third-order valence-corrected chi connectivity index (χ3v) is 6.45. The fourth-order valence-electron chi connectivity index (χ4n) is 3.72. The Morgan fingerprint density at radius 2 is 1.47 bits per heavy atom. The van der Waals surface area contributed by atoms with Crippen LogP contribution in [0.15, 0.2) is 53.4 Å². The molecule has 0 radical (unpaired) electrons. The lowest BCUT2D eigenvalue weighted by Gasteiger charge is -2.36. The van der Waals surface area contributed by atoms with Gasteiger partial charge in [-0.3, -0.25) is 14.1 Å². The number of rotatable bonds is 5. The van der Waals surface area contributed by atoms with Crippen LogP contribution in [0.4, 0.5) is 0 Å². The van der Waals surface area contributed by atoms with E-state index in [1.165, 1.54) is 31.9 Å². The number of hydrogen-bond acceptors (Lipinski definition) is 5. The number of ketones is 1. The number of carbonyl (C=O) groups is 2. The van der Waals surface area contributed by atoms with Gasteiger partial charge < -0.3 is 10.2 Å². The van der Waals surface area contributed by atoms with E-state index in [4.69, 9.17) is 4.55 Å². The predicted molar refractivity (Wildman–Crippen MR) is 125 cm³/mol. The molecule has 1 saturated carbocycles. The Morgan fingerprint density at radius 1 is 0.938 bits per heavy atom. The number of aryl methyl sites for hydroxylation is 1. The fourth-order valence-corrected chi connectivity index (χ4v) is 4.20. The van der Waals surface area contributed by atoms with Crippen molar-refractivity contribution in [3.8, 4) is 0 Å². The molecule has 2 unspecified atom stereocenters. The maximum atomic E-state index is 12.3. The van der Waals surface area contributed by atoms with Crippen LogP contribution in [0.5, 0.6) is 0 Å². The van der Waals surface area contributed by atoms with Gasteiger partial charge in [0, 0.05) is 23.2 Å². The highest BCUT2D eigenvalue weighted by Crippen LogP contribution is 2.22. The van der Waals surface area contributed by atoms with E-state index >= 15 is 0 Å². The van der Waals surface area contributed by atoms with Gasteiger partial charge in [-0.15, -0.1) is 0 Å². The van der Waals surface area contributed by atoms with E-state index in [1.54, 1.807) is 36.4 Å². The molecule has 7 nitrogen and oxygen atoms in total. The first-order valence-corrected chi connectivity index (χ1v) is 12.1. The minimum Gasteiger partial charge on any atom is -0.348 e. The predicted octanol–water partition coefficient (Wildman–Crippen LogP) is 3.73. The molecule has 2 atom stereocenters. The lowest BCUT2D eigenvalue weighted by Crippen LogP contribution is -2.51. The summed E-state index contributed by atoms with van der Waals surface area (Å²) in [5.41, 5.74) is 2.20. The molecule has 1 aliphatic rings. The monoisotopic (exact) mass is 460 g/mol. The molecule has 174 valence electrons. The first-order valence-electron chi connectivity index (χ1n) is 10.6. The molecule has 1 amide bonds. The first kappa shape index (κ1) is 25.7. The summed E-state index contributed by atoms with van der Waals surface area (Å²) < 4.78 is 29.6. The normalized spacial score (nSPS) is 18.4. The van der Waals surface area contributed by atoms with Crippen molar-refractivity contribution >= 4 is 21.8 Å². The maximum absolute atomic E-state index is 12.3. The van der Waals surface area contributed by atoms with E-state index in [2.05, 4.69) is 24.3 Å². The summed E-state index contributed by atoms with van der Waals surface area (Å²) in [7, 11) is 0.113. The molecule has 0 heterocycles. The average molecular weight is 461 g/mol. The second-order valence-electron chi connectivity index (χ2n) is 8.32. The molecule has 3 rings (SSSR count). The van der Waals surface area contributed by atoms with Crippen LogP contribution < -0.4 is 5.32 Å². The zero-order chi connectivity index (χ0) is 23.9. The SMILES string of the molecule is CC(=O)c1ccc(C(=O)NC2CCCCC2N(C)C)cc1.Cc1ccc(S(=O)(=O)O)cc1. The molecule has 0 aromatic heterocycles. The van der Waals surface area contributed by atoms with Gasteiger partial charge in [-0.1, -0.05) is 42.7 Å². The van der Waals surface area contributed by atoms with Crippen LogP contribution in [0, 0.1) is 6.92 Å². The molecular weight excluding hydrogens is 428 g/mol. The quantitative estimate of drug-likeness (QED) is 0.520. The second kappa shape index (κ2) is 11.4. The summed E-state index contributed by atoms with van der Waals surface area (Å²) in [6.07, 6.45) is 4.54. The van der Waals surface area contributed by atoms with Crippen LogP contribution in [0.2, 0.25) is 0 Å². The fraction of sp³-hybridized carbons (Fsp3) is 0.417. The Kier molecular flexibility index (Phi) is 9.12. The number of carbonyl (C=O) groups excluding carboxylic acids is 2. The molecule has 32 heavy (non-hydrogen) atoms. The summed E-state index contributed by atoms with van der Waals surface area (Å²) in [6.45, 7) is 3.37. The second-order valence-corrected chi connectivity index (χ2v) is 9.74. The summed E-state index contributed by atoms with van der Waals surface area (Å²) in [5.74, 6) is -0.0363. The van der Waals surface area contributed by atoms with Gasteiger partial charge >= 0.3 is 0 Å². The largest absolute Gasteiger partial charge is 0.348 e. The van der Waals surface area contributed by atoms with Crippen LogP contribution >= 0.6 is 0 Å². The Balaban J connectivity index is 0.000000278. The van der Waals surface area contributed by atoms with Crippen molar-refractivity contribution in [2.24, 2.45) is 0 Å². The van der Waals surface area contributed by atoms with Crippen molar-refractivity contribution in [3.63, 3.8) is 0 Å². The van der Waals surface area contributed by atoms with Crippen molar-refractivity contribution < 1.29 is 22.6 Å². The molecule has 0 spiro atoms. The highest BCUT2D eigenvalue weighted by atomic mass is 32.2. The summed E-state index contributed by atoms with van der Waals surface area (Å²) in [4.78, 5) is 25.7. The van der Waals surface area contributed by atoms with Crippen LogP contribution in [-0.2, 0) is 10.1 Å². The highest BCUT2D eigenvalue weighted by Gasteiger charge is 2.28. The van der Waals surface area contributed by atoms with Crippen molar-refractivity contribution in [2.75, 3.05) is 14.1 Å². The third-order valence-electron chi connectivity index (χ3n) is 5.58. The van der Waals surface area contributed by atoms with Gasteiger partial charge in [0.25, 0.3) is 16.0 Å². The number of hydrogen-bond donors (Lipinski definition) is 2. The Labute approximate surface area is 190 Å². The lowest BCUT2D eigenvalue weighted by molar-refractivity contribution is 0.0881. The summed E-state index contributed by atoms with van der Waals surface area (Å²) in [6, 6.07) is 13.5. The van der Waals surface area contributed by atoms with Crippen LogP contribution in [0.3, 0.4) is 0 Å². The van der Waals surface area contributed by atoms with Gasteiger partial charge in [-0.25, -0.2) is 0 Å². The number of likely N-dealkylation sites (N-methyl/N-ethyl adjacent to an activating group) is 1. The van der Waals surface area contributed by atoms with E-state index < -0.39 is 10.1 Å². The van der Waals surface area contributed by atoms with Crippen molar-refractivity contribution in [1.82, 2.24) is 10.2 Å². The van der Waals surface area contributed by atoms with Gasteiger partial charge in [-0.2, -0.15) is 8.42 Å². The molecular formula is C24H32N2O5S. The van der Waals surface area contributed by atoms with Gasteiger partial charge in [0.2, 0.25) is 0 Å². The van der Waals surface area contributed by atoms with Crippen molar-refractivity contribution in [3.05, 3.63) is 65.2 Å². The Morgan fingerprint density at radius 3 is 1.97 bits per heavy atom. The number of nitrogens with one attached hydrogen (secondary N) is 1. The zero-order valence-electron chi connectivity index (χ0n) is 19.0. The smallest absolute Gasteiger partial charge is 0.294 e. The molecule has 0 saturated heterocycles. The minimum atomic E-state index is -4.02. The van der Waals surface area contributed by atoms with Gasteiger partial charge in [-0.05, 0) is 65.0 Å². The number of nitrogens with zero attached hydrogens (tertiary/aromatic N) is 1. The molecule has 8 heteroatoms. The van der Waals surface area contributed by atoms with Crippen molar-refractivity contribution in [2.45, 2.75) is 56.5 Å².